The van der Waals surface area contributed by atoms with Gasteiger partial charge in [0.1, 0.15) is 17.6 Å². The summed E-state index contributed by atoms with van der Waals surface area (Å²) in [7, 11) is 0. The van der Waals surface area contributed by atoms with E-state index in [-0.39, 0.29) is 23.5 Å². The van der Waals surface area contributed by atoms with Crippen LogP contribution < -0.4 is 10.6 Å². The average molecular weight is 295 g/mol. The lowest BCUT2D eigenvalue weighted by Gasteiger charge is -2.25. The Labute approximate surface area is 122 Å². The van der Waals surface area contributed by atoms with Crippen LogP contribution in [0.3, 0.4) is 0 Å². The molecule has 1 saturated heterocycles. The standard InChI is InChI=1S/C13H15ClN4O2/c14-6-13(19)18-11-5-10(7-15)16-8-12(11)17-9-1-3-20-4-2-9/h5,8-9,17H,1-4,6H2,(H,16,18,19). The predicted molar refractivity (Wildman–Crippen MR) is 75.8 cm³/mol. The Balaban J connectivity index is 2.17. The maximum atomic E-state index is 11.4. The number of carbonyl (C=O) groups excluding carboxylic acids is 1. The van der Waals surface area contributed by atoms with E-state index in [0.29, 0.717) is 24.6 Å². The summed E-state index contributed by atoms with van der Waals surface area (Å²) in [5.41, 5.74) is 1.45. The number of rotatable bonds is 4. The van der Waals surface area contributed by atoms with Crippen molar-refractivity contribution in [2.24, 2.45) is 0 Å². The fourth-order valence-corrected chi connectivity index (χ4v) is 2.05. The lowest BCUT2D eigenvalue weighted by Crippen LogP contribution is -2.28. The Bertz CT molecular complexity index is 524. The average Bonchev–Trinajstić information content (AvgIpc) is 2.50. The molecule has 1 aromatic heterocycles. The third-order valence-corrected chi connectivity index (χ3v) is 3.24. The number of nitrogens with one attached hydrogen (secondary N) is 2. The van der Waals surface area contributed by atoms with Crippen molar-refractivity contribution in [2.45, 2.75) is 18.9 Å². The molecule has 0 unspecified atom stereocenters. The molecular formula is C13H15ClN4O2. The first kappa shape index (κ1) is 14.6. The molecule has 0 atom stereocenters. The number of anilines is 2. The summed E-state index contributed by atoms with van der Waals surface area (Å²) in [6.45, 7) is 1.43. The van der Waals surface area contributed by atoms with Crippen molar-refractivity contribution in [2.75, 3.05) is 29.7 Å². The first-order chi connectivity index (χ1) is 9.72. The highest BCUT2D eigenvalue weighted by molar-refractivity contribution is 6.29. The van der Waals surface area contributed by atoms with E-state index < -0.39 is 0 Å². The minimum absolute atomic E-state index is 0.138. The van der Waals surface area contributed by atoms with Crippen LogP contribution in [0.4, 0.5) is 11.4 Å². The zero-order valence-corrected chi connectivity index (χ0v) is 11.6. The smallest absolute Gasteiger partial charge is 0.239 e. The highest BCUT2D eigenvalue weighted by Crippen LogP contribution is 2.24. The van der Waals surface area contributed by atoms with Crippen LogP contribution >= 0.6 is 11.6 Å². The summed E-state index contributed by atoms with van der Waals surface area (Å²) >= 11 is 5.49. The van der Waals surface area contributed by atoms with Gasteiger partial charge in [0.05, 0.1) is 17.6 Å². The Morgan fingerprint density at radius 3 is 2.90 bits per heavy atom. The molecule has 0 bridgehead atoms. The van der Waals surface area contributed by atoms with Crippen LogP contribution in [0.1, 0.15) is 18.5 Å². The molecule has 1 aliphatic heterocycles. The van der Waals surface area contributed by atoms with Crippen LogP contribution in [-0.4, -0.2) is 36.0 Å². The van der Waals surface area contributed by atoms with Gasteiger partial charge in [-0.3, -0.25) is 4.79 Å². The second-order valence-electron chi connectivity index (χ2n) is 4.44. The molecule has 0 aromatic carbocycles. The molecule has 0 spiro atoms. The molecule has 0 saturated carbocycles. The molecule has 6 nitrogen and oxygen atoms in total. The second kappa shape index (κ2) is 7.08. The van der Waals surface area contributed by atoms with Crippen LogP contribution in [0.2, 0.25) is 0 Å². The fourth-order valence-electron chi connectivity index (χ4n) is 1.98. The van der Waals surface area contributed by atoms with Gasteiger partial charge in [0, 0.05) is 25.3 Å². The normalized spacial score (nSPS) is 15.4. The Morgan fingerprint density at radius 1 is 1.50 bits per heavy atom. The minimum atomic E-state index is -0.322. The van der Waals surface area contributed by atoms with E-state index in [9.17, 15) is 4.79 Å². The molecule has 1 aromatic rings. The van der Waals surface area contributed by atoms with Gasteiger partial charge >= 0.3 is 0 Å². The Hall–Kier alpha value is -1.84. The summed E-state index contributed by atoms with van der Waals surface area (Å²) in [4.78, 5) is 15.4. The van der Waals surface area contributed by atoms with E-state index in [2.05, 4.69) is 15.6 Å². The number of ether oxygens (including phenoxy) is 1. The van der Waals surface area contributed by atoms with Crippen molar-refractivity contribution >= 4 is 28.9 Å². The quantitative estimate of drug-likeness (QED) is 0.826. The number of carbonyl (C=O) groups is 1. The predicted octanol–water partition coefficient (Wildman–Crippen LogP) is 1.72. The van der Waals surface area contributed by atoms with Gasteiger partial charge in [0.2, 0.25) is 5.91 Å². The largest absolute Gasteiger partial charge is 0.381 e. The molecule has 2 heterocycles. The number of nitriles is 1. The number of hydrogen-bond donors (Lipinski definition) is 2. The molecule has 106 valence electrons. The Morgan fingerprint density at radius 2 is 2.25 bits per heavy atom. The molecule has 1 aliphatic rings. The van der Waals surface area contributed by atoms with E-state index in [1.807, 2.05) is 6.07 Å². The molecule has 1 fully saturated rings. The van der Waals surface area contributed by atoms with E-state index >= 15 is 0 Å². The van der Waals surface area contributed by atoms with Crippen molar-refractivity contribution in [3.8, 4) is 6.07 Å². The van der Waals surface area contributed by atoms with Gasteiger partial charge in [0.15, 0.2) is 0 Å². The number of hydrogen-bond acceptors (Lipinski definition) is 5. The summed E-state index contributed by atoms with van der Waals surface area (Å²) in [6.07, 6.45) is 3.34. The topological polar surface area (TPSA) is 87.0 Å². The van der Waals surface area contributed by atoms with E-state index in [1.165, 1.54) is 6.07 Å². The monoisotopic (exact) mass is 294 g/mol. The van der Waals surface area contributed by atoms with Gasteiger partial charge in [-0.1, -0.05) is 0 Å². The highest BCUT2D eigenvalue weighted by Gasteiger charge is 2.16. The molecular weight excluding hydrogens is 280 g/mol. The van der Waals surface area contributed by atoms with E-state index in [4.69, 9.17) is 21.6 Å². The number of aromatic nitrogens is 1. The molecule has 1 amide bonds. The third kappa shape index (κ3) is 3.83. The van der Waals surface area contributed by atoms with Gasteiger partial charge in [-0.25, -0.2) is 4.98 Å². The van der Waals surface area contributed by atoms with Crippen LogP contribution in [0, 0.1) is 11.3 Å². The van der Waals surface area contributed by atoms with Crippen LogP contribution in [0.5, 0.6) is 0 Å². The van der Waals surface area contributed by atoms with Crippen LogP contribution in [0.25, 0.3) is 0 Å². The number of halogens is 1. The van der Waals surface area contributed by atoms with Crippen LogP contribution in [-0.2, 0) is 9.53 Å². The maximum absolute atomic E-state index is 11.4. The van der Waals surface area contributed by atoms with E-state index in [0.717, 1.165) is 12.8 Å². The van der Waals surface area contributed by atoms with Crippen LogP contribution in [0.15, 0.2) is 12.3 Å². The van der Waals surface area contributed by atoms with Gasteiger partial charge < -0.3 is 15.4 Å². The van der Waals surface area contributed by atoms with Crippen molar-refractivity contribution in [3.63, 3.8) is 0 Å². The first-order valence-corrected chi connectivity index (χ1v) is 6.86. The van der Waals surface area contributed by atoms with Gasteiger partial charge in [-0.15, -0.1) is 11.6 Å². The number of pyridine rings is 1. The summed E-state index contributed by atoms with van der Waals surface area (Å²) in [5.74, 6) is -0.460. The minimum Gasteiger partial charge on any atom is -0.381 e. The summed E-state index contributed by atoms with van der Waals surface area (Å²) < 4.78 is 5.30. The lowest BCUT2D eigenvalue weighted by atomic mass is 10.1. The molecule has 0 aliphatic carbocycles. The van der Waals surface area contributed by atoms with Crippen molar-refractivity contribution < 1.29 is 9.53 Å². The lowest BCUT2D eigenvalue weighted by molar-refractivity contribution is -0.113. The SMILES string of the molecule is N#Cc1cc(NC(=O)CCl)c(NC2CCOCC2)cn1. The van der Waals surface area contributed by atoms with Gasteiger partial charge in [0.25, 0.3) is 0 Å². The maximum Gasteiger partial charge on any atom is 0.239 e. The third-order valence-electron chi connectivity index (χ3n) is 2.99. The summed E-state index contributed by atoms with van der Waals surface area (Å²) in [5, 5.41) is 14.9. The number of amides is 1. The molecule has 7 heteroatoms. The van der Waals surface area contributed by atoms with E-state index in [1.54, 1.807) is 6.20 Å². The zero-order valence-electron chi connectivity index (χ0n) is 10.9. The molecule has 2 N–H and O–H groups in total. The second-order valence-corrected chi connectivity index (χ2v) is 4.71. The number of nitrogens with zero attached hydrogens (tertiary/aromatic N) is 2. The highest BCUT2D eigenvalue weighted by atomic mass is 35.5. The van der Waals surface area contributed by atoms with Crippen molar-refractivity contribution in [1.29, 1.82) is 5.26 Å². The molecule has 20 heavy (non-hydrogen) atoms. The van der Waals surface area contributed by atoms with Crippen molar-refractivity contribution in [1.82, 2.24) is 4.98 Å². The zero-order chi connectivity index (χ0) is 14.4. The molecule has 0 radical (unpaired) electrons. The fraction of sp³-hybridized carbons (Fsp3) is 0.462. The molecule has 2 rings (SSSR count). The first-order valence-electron chi connectivity index (χ1n) is 6.33. The Kier molecular flexibility index (Phi) is 5.16. The van der Waals surface area contributed by atoms with Crippen molar-refractivity contribution in [3.05, 3.63) is 18.0 Å². The van der Waals surface area contributed by atoms with Gasteiger partial charge in [-0.05, 0) is 12.8 Å². The number of alkyl halides is 1. The van der Waals surface area contributed by atoms with Gasteiger partial charge in [-0.2, -0.15) is 5.26 Å². The summed E-state index contributed by atoms with van der Waals surface area (Å²) in [6, 6.07) is 3.75.